The predicted octanol–water partition coefficient (Wildman–Crippen LogP) is 3.62. The molecule has 100 valence electrons. The Labute approximate surface area is 107 Å². The van der Waals surface area contributed by atoms with Crippen LogP contribution >= 0.6 is 0 Å². The second-order valence-electron chi connectivity index (χ2n) is 5.82. The largest absolute Gasteiger partial charge is 0.475 e. The van der Waals surface area contributed by atoms with E-state index in [1.165, 1.54) is 0 Å². The van der Waals surface area contributed by atoms with Crippen LogP contribution in [0, 0.1) is 5.41 Å². The smallest absolute Gasteiger partial charge is 0.373 e. The summed E-state index contributed by atoms with van der Waals surface area (Å²) in [6.45, 7) is 6.42. The summed E-state index contributed by atoms with van der Waals surface area (Å²) in [5.74, 6) is -0.0953. The van der Waals surface area contributed by atoms with Gasteiger partial charge in [-0.25, -0.2) is 9.78 Å². The number of carbonyl (C=O) groups is 1. The normalized spacial score (nSPS) is 22.3. The molecule has 0 radical (unpaired) electrons. The van der Waals surface area contributed by atoms with Gasteiger partial charge >= 0.3 is 5.97 Å². The van der Waals surface area contributed by atoms with Crippen LogP contribution in [0.2, 0.25) is 0 Å². The molecule has 2 rings (SSSR count). The van der Waals surface area contributed by atoms with Crippen molar-refractivity contribution in [3.63, 3.8) is 0 Å². The van der Waals surface area contributed by atoms with E-state index >= 15 is 0 Å². The Morgan fingerprint density at radius 2 is 2.28 bits per heavy atom. The molecule has 1 aromatic rings. The minimum absolute atomic E-state index is 0.0366. The van der Waals surface area contributed by atoms with Crippen molar-refractivity contribution in [2.24, 2.45) is 5.41 Å². The van der Waals surface area contributed by atoms with Gasteiger partial charge in [0.1, 0.15) is 0 Å². The Hall–Kier alpha value is -1.32. The third-order valence-corrected chi connectivity index (χ3v) is 3.95. The van der Waals surface area contributed by atoms with Gasteiger partial charge in [-0.1, -0.05) is 33.6 Å². The number of nitrogens with zero attached hydrogens (tertiary/aromatic N) is 1. The van der Waals surface area contributed by atoms with E-state index < -0.39 is 5.97 Å². The molecule has 1 fully saturated rings. The second kappa shape index (κ2) is 4.75. The van der Waals surface area contributed by atoms with Crippen LogP contribution in [-0.2, 0) is 6.42 Å². The average molecular weight is 251 g/mol. The van der Waals surface area contributed by atoms with E-state index in [2.05, 4.69) is 18.8 Å². The van der Waals surface area contributed by atoms with Gasteiger partial charge in [-0.15, -0.1) is 0 Å². The highest BCUT2D eigenvalue weighted by Crippen LogP contribution is 2.48. The van der Waals surface area contributed by atoms with Crippen LogP contribution in [0.4, 0.5) is 0 Å². The first kappa shape index (κ1) is 13.1. The lowest BCUT2D eigenvalue weighted by molar-refractivity contribution is 0.0656. The summed E-state index contributed by atoms with van der Waals surface area (Å²) in [5, 5.41) is 9.14. The summed E-state index contributed by atoms with van der Waals surface area (Å²) in [6.07, 6.45) is 4.88. The van der Waals surface area contributed by atoms with Crippen LogP contribution in [-0.4, -0.2) is 16.1 Å². The molecule has 0 aromatic carbocycles. The molecule has 1 aliphatic carbocycles. The van der Waals surface area contributed by atoms with Gasteiger partial charge in [0.05, 0.1) is 5.69 Å². The van der Waals surface area contributed by atoms with Gasteiger partial charge in [-0.3, -0.25) is 0 Å². The third kappa shape index (κ3) is 2.28. The molecule has 18 heavy (non-hydrogen) atoms. The summed E-state index contributed by atoms with van der Waals surface area (Å²) in [6, 6.07) is 0. The fraction of sp³-hybridized carbons (Fsp3) is 0.714. The lowest BCUT2D eigenvalue weighted by atomic mass is 9.82. The van der Waals surface area contributed by atoms with Crippen molar-refractivity contribution in [1.29, 1.82) is 0 Å². The van der Waals surface area contributed by atoms with Crippen LogP contribution in [0.25, 0.3) is 0 Å². The standard InChI is InChI=1S/C14H21NO3/c1-4-6-10-11(13(16)17)18-12(15-10)9-7-5-8-14(9,2)3/h9H,4-8H2,1-3H3,(H,16,17). The monoisotopic (exact) mass is 251 g/mol. The Kier molecular flexibility index (Phi) is 3.46. The molecule has 1 unspecified atom stereocenters. The number of carboxylic acids is 1. The van der Waals surface area contributed by atoms with Gasteiger partial charge in [0.15, 0.2) is 5.89 Å². The van der Waals surface area contributed by atoms with E-state index in [0.29, 0.717) is 18.0 Å². The molecule has 0 amide bonds. The van der Waals surface area contributed by atoms with Crippen LogP contribution in [0.5, 0.6) is 0 Å². The Morgan fingerprint density at radius 1 is 1.56 bits per heavy atom. The lowest BCUT2D eigenvalue weighted by Gasteiger charge is -2.23. The topological polar surface area (TPSA) is 63.3 Å². The van der Waals surface area contributed by atoms with Crippen molar-refractivity contribution < 1.29 is 14.3 Å². The summed E-state index contributed by atoms with van der Waals surface area (Å²) >= 11 is 0. The number of aromatic nitrogens is 1. The van der Waals surface area contributed by atoms with Crippen molar-refractivity contribution in [2.45, 2.75) is 58.8 Å². The molecule has 4 heteroatoms. The molecule has 1 saturated carbocycles. The molecule has 4 nitrogen and oxygen atoms in total. The number of carboxylic acid groups (broad SMARTS) is 1. The van der Waals surface area contributed by atoms with Gasteiger partial charge in [-0.2, -0.15) is 0 Å². The van der Waals surface area contributed by atoms with Gasteiger partial charge in [0.25, 0.3) is 0 Å². The third-order valence-electron chi connectivity index (χ3n) is 3.95. The van der Waals surface area contributed by atoms with E-state index in [4.69, 9.17) is 9.52 Å². The number of aromatic carboxylic acids is 1. The Balaban J connectivity index is 2.34. The number of hydrogen-bond donors (Lipinski definition) is 1. The first-order valence-corrected chi connectivity index (χ1v) is 6.68. The van der Waals surface area contributed by atoms with Gasteiger partial charge in [0, 0.05) is 5.92 Å². The van der Waals surface area contributed by atoms with E-state index in [9.17, 15) is 4.79 Å². The van der Waals surface area contributed by atoms with Crippen LogP contribution in [0.3, 0.4) is 0 Å². The molecule has 1 atom stereocenters. The second-order valence-corrected chi connectivity index (χ2v) is 5.82. The number of rotatable bonds is 4. The van der Waals surface area contributed by atoms with Gasteiger partial charge < -0.3 is 9.52 Å². The van der Waals surface area contributed by atoms with E-state index in [0.717, 1.165) is 25.7 Å². The van der Waals surface area contributed by atoms with Crippen LogP contribution in [0.15, 0.2) is 4.42 Å². The molecule has 1 heterocycles. The summed E-state index contributed by atoms with van der Waals surface area (Å²) in [4.78, 5) is 15.6. The molecule has 1 aromatic heterocycles. The van der Waals surface area contributed by atoms with Gasteiger partial charge in [0.2, 0.25) is 5.76 Å². The highest BCUT2D eigenvalue weighted by molar-refractivity contribution is 5.85. The SMILES string of the molecule is CCCc1nc(C2CCCC2(C)C)oc1C(=O)O. The van der Waals surface area contributed by atoms with E-state index in [-0.39, 0.29) is 17.1 Å². The Bertz CT molecular complexity index is 448. The average Bonchev–Trinajstić information content (AvgIpc) is 2.82. The maximum Gasteiger partial charge on any atom is 0.373 e. The minimum Gasteiger partial charge on any atom is -0.475 e. The van der Waals surface area contributed by atoms with Crippen molar-refractivity contribution >= 4 is 5.97 Å². The molecular weight excluding hydrogens is 230 g/mol. The van der Waals surface area contributed by atoms with Gasteiger partial charge in [-0.05, 0) is 24.7 Å². The Morgan fingerprint density at radius 3 is 2.78 bits per heavy atom. The zero-order chi connectivity index (χ0) is 13.3. The zero-order valence-corrected chi connectivity index (χ0v) is 11.3. The maximum absolute atomic E-state index is 11.2. The lowest BCUT2D eigenvalue weighted by Crippen LogP contribution is -2.15. The molecule has 0 aliphatic heterocycles. The van der Waals surface area contributed by atoms with Crippen LogP contribution in [0.1, 0.15) is 74.5 Å². The first-order chi connectivity index (χ1) is 8.45. The molecule has 0 spiro atoms. The van der Waals surface area contributed by atoms with Crippen molar-refractivity contribution in [2.75, 3.05) is 0 Å². The van der Waals surface area contributed by atoms with E-state index in [1.807, 2.05) is 6.92 Å². The highest BCUT2D eigenvalue weighted by atomic mass is 16.4. The minimum atomic E-state index is -1.01. The number of aryl methyl sites for hydroxylation is 1. The quantitative estimate of drug-likeness (QED) is 0.887. The molecule has 0 saturated heterocycles. The molecule has 1 aliphatic rings. The van der Waals surface area contributed by atoms with Crippen LogP contribution < -0.4 is 0 Å². The zero-order valence-electron chi connectivity index (χ0n) is 11.3. The molecule has 1 N–H and O–H groups in total. The van der Waals surface area contributed by atoms with Crippen molar-refractivity contribution in [3.8, 4) is 0 Å². The summed E-state index contributed by atoms with van der Waals surface area (Å²) in [7, 11) is 0. The van der Waals surface area contributed by atoms with Crippen molar-refractivity contribution in [1.82, 2.24) is 4.98 Å². The fourth-order valence-corrected chi connectivity index (χ4v) is 2.88. The summed E-state index contributed by atoms with van der Waals surface area (Å²) < 4.78 is 5.54. The maximum atomic E-state index is 11.2. The fourth-order valence-electron chi connectivity index (χ4n) is 2.88. The number of oxazole rings is 1. The molecular formula is C14H21NO3. The molecule has 0 bridgehead atoms. The number of hydrogen-bond acceptors (Lipinski definition) is 3. The summed E-state index contributed by atoms with van der Waals surface area (Å²) in [5.41, 5.74) is 0.757. The van der Waals surface area contributed by atoms with E-state index in [1.54, 1.807) is 0 Å². The highest BCUT2D eigenvalue weighted by Gasteiger charge is 2.39. The first-order valence-electron chi connectivity index (χ1n) is 6.68. The predicted molar refractivity (Wildman–Crippen MR) is 67.8 cm³/mol. The van der Waals surface area contributed by atoms with Crippen molar-refractivity contribution in [3.05, 3.63) is 17.3 Å².